The fraction of sp³-hybridized carbons (Fsp3) is 0.909. The summed E-state index contributed by atoms with van der Waals surface area (Å²) >= 11 is 0. The van der Waals surface area contributed by atoms with Crippen LogP contribution in [0.4, 0.5) is 0 Å². The summed E-state index contributed by atoms with van der Waals surface area (Å²) in [6.45, 7) is 3.69. The fourth-order valence-electron chi connectivity index (χ4n) is 6.52. The largest absolute Gasteiger partial charge is 0.472 e. The number of hydrogen-bond donors (Lipinski definition) is 2. The number of phosphoric ester groups is 1. The number of rotatable bonds is 43. The summed E-state index contributed by atoms with van der Waals surface area (Å²) in [5, 5.41) is 0. The van der Waals surface area contributed by atoms with Crippen LogP contribution in [0.1, 0.15) is 226 Å². The third-order valence-electron chi connectivity index (χ3n) is 9.88. The van der Waals surface area contributed by atoms with Crippen LogP contribution in [-0.4, -0.2) is 49.3 Å². The zero-order valence-electron chi connectivity index (χ0n) is 35.2. The lowest BCUT2D eigenvalue weighted by molar-refractivity contribution is -0.161. The molecule has 0 heterocycles. The van der Waals surface area contributed by atoms with Crippen molar-refractivity contribution in [3.05, 3.63) is 12.2 Å². The van der Waals surface area contributed by atoms with Crippen molar-refractivity contribution in [1.82, 2.24) is 0 Å². The van der Waals surface area contributed by atoms with E-state index in [1.54, 1.807) is 0 Å². The minimum atomic E-state index is -4.37. The number of carbonyl (C=O) groups is 2. The van der Waals surface area contributed by atoms with Crippen LogP contribution >= 0.6 is 7.82 Å². The van der Waals surface area contributed by atoms with Crippen molar-refractivity contribution in [2.75, 3.05) is 26.4 Å². The Hall–Kier alpha value is -1.25. The Morgan fingerprint density at radius 3 is 1.39 bits per heavy atom. The van der Waals surface area contributed by atoms with E-state index in [0.717, 1.165) is 57.8 Å². The molecule has 0 aromatic heterocycles. The molecular weight excluding hydrogens is 701 g/mol. The predicted molar refractivity (Wildman–Crippen MR) is 224 cm³/mol. The van der Waals surface area contributed by atoms with Crippen molar-refractivity contribution in [2.24, 2.45) is 5.73 Å². The van der Waals surface area contributed by atoms with Crippen LogP contribution in [0.3, 0.4) is 0 Å². The third kappa shape index (κ3) is 40.4. The lowest BCUT2D eigenvalue weighted by atomic mass is 10.0. The van der Waals surface area contributed by atoms with Crippen molar-refractivity contribution in [3.8, 4) is 0 Å². The molecule has 0 radical (unpaired) electrons. The maximum atomic E-state index is 12.5. The first-order valence-electron chi connectivity index (χ1n) is 22.7. The fourth-order valence-corrected chi connectivity index (χ4v) is 7.29. The molecule has 2 atom stereocenters. The second-order valence-electron chi connectivity index (χ2n) is 15.3. The third-order valence-corrected chi connectivity index (χ3v) is 10.9. The van der Waals surface area contributed by atoms with Gasteiger partial charge in [0.2, 0.25) is 0 Å². The molecule has 0 fully saturated rings. The molecule has 10 heteroatoms. The van der Waals surface area contributed by atoms with Crippen molar-refractivity contribution < 1.29 is 37.6 Å². The van der Waals surface area contributed by atoms with Crippen LogP contribution in [0, 0.1) is 0 Å². The Morgan fingerprint density at radius 1 is 0.537 bits per heavy atom. The van der Waals surface area contributed by atoms with Gasteiger partial charge in [0.05, 0.1) is 13.2 Å². The van der Waals surface area contributed by atoms with Crippen molar-refractivity contribution in [1.29, 1.82) is 0 Å². The molecule has 0 amide bonds. The Morgan fingerprint density at radius 2 is 0.944 bits per heavy atom. The molecular formula is C44H86NO8P. The number of hydrogen-bond acceptors (Lipinski definition) is 8. The van der Waals surface area contributed by atoms with Gasteiger partial charge in [-0.15, -0.1) is 0 Å². The summed E-state index contributed by atoms with van der Waals surface area (Å²) in [6, 6.07) is 0. The summed E-state index contributed by atoms with van der Waals surface area (Å²) in [7, 11) is -4.37. The van der Waals surface area contributed by atoms with Gasteiger partial charge in [0.15, 0.2) is 6.10 Å². The molecule has 0 aromatic rings. The number of nitrogens with two attached hydrogens (primary N) is 1. The number of allylic oxidation sites excluding steroid dienone is 2. The molecule has 0 aliphatic rings. The van der Waals surface area contributed by atoms with Crippen molar-refractivity contribution in [3.63, 3.8) is 0 Å². The number of esters is 2. The predicted octanol–water partition coefficient (Wildman–Crippen LogP) is 13.0. The molecule has 0 bridgehead atoms. The number of phosphoric acid groups is 1. The Bertz CT molecular complexity index is 902. The summed E-state index contributed by atoms with van der Waals surface area (Å²) < 4.78 is 32.7. The highest BCUT2D eigenvalue weighted by molar-refractivity contribution is 7.47. The van der Waals surface area contributed by atoms with E-state index in [9.17, 15) is 19.0 Å². The number of unbranched alkanes of at least 4 members (excludes halogenated alkanes) is 28. The van der Waals surface area contributed by atoms with Gasteiger partial charge in [-0.25, -0.2) is 4.57 Å². The Balaban J connectivity index is 3.94. The number of ether oxygens (including phenoxy) is 2. The van der Waals surface area contributed by atoms with Gasteiger partial charge in [0.1, 0.15) is 6.61 Å². The zero-order valence-corrected chi connectivity index (χ0v) is 36.1. The van der Waals surface area contributed by atoms with Gasteiger partial charge in [-0.1, -0.05) is 193 Å². The second-order valence-corrected chi connectivity index (χ2v) is 16.7. The van der Waals surface area contributed by atoms with Crippen molar-refractivity contribution in [2.45, 2.75) is 232 Å². The molecule has 3 N–H and O–H groups in total. The second kappa shape index (κ2) is 41.4. The summed E-state index contributed by atoms with van der Waals surface area (Å²) in [5.74, 6) is -0.830. The summed E-state index contributed by atoms with van der Waals surface area (Å²) in [6.07, 6.45) is 42.7. The van der Waals surface area contributed by atoms with E-state index in [4.69, 9.17) is 24.3 Å². The molecule has 320 valence electrons. The maximum absolute atomic E-state index is 12.5. The van der Waals surface area contributed by atoms with E-state index in [0.29, 0.717) is 6.42 Å². The lowest BCUT2D eigenvalue weighted by Gasteiger charge is -2.19. The molecule has 0 saturated carbocycles. The van der Waals surface area contributed by atoms with Gasteiger partial charge in [-0.05, 0) is 32.1 Å². The first kappa shape index (κ1) is 52.8. The average molecular weight is 788 g/mol. The summed E-state index contributed by atoms with van der Waals surface area (Å²) in [4.78, 5) is 34.8. The molecule has 54 heavy (non-hydrogen) atoms. The van der Waals surface area contributed by atoms with Gasteiger partial charge in [0.25, 0.3) is 0 Å². The SMILES string of the molecule is CCC/C=C\CCCCCCCC(=O)OC(COC(=O)CCCCCCCCCCCCCCCCCCCCCCCCC)COP(=O)(O)OCCN. The molecule has 0 spiro atoms. The highest BCUT2D eigenvalue weighted by atomic mass is 31.2. The molecule has 0 aliphatic carbocycles. The standard InChI is InChI=1S/C44H86NO8P/c1-3-5-7-9-11-13-15-16-17-18-19-20-21-22-23-24-25-26-27-29-30-32-34-36-43(46)50-40-42(41-52-54(48,49)51-39-38-45)53-44(47)37-35-33-31-28-14-12-10-8-6-4-2/h8,10,42H,3-7,9,11-41,45H2,1-2H3,(H,48,49)/b10-8-. The minimum Gasteiger partial charge on any atom is -0.462 e. The van der Waals surface area contributed by atoms with E-state index < -0.39 is 26.5 Å². The number of carbonyl (C=O) groups excluding carboxylic acids is 2. The zero-order chi connectivity index (χ0) is 39.6. The average Bonchev–Trinajstić information content (AvgIpc) is 3.16. The van der Waals surface area contributed by atoms with Crippen LogP contribution in [0.15, 0.2) is 12.2 Å². The first-order valence-corrected chi connectivity index (χ1v) is 24.2. The van der Waals surface area contributed by atoms with Gasteiger partial charge in [-0.3, -0.25) is 18.6 Å². The van der Waals surface area contributed by atoms with Gasteiger partial charge >= 0.3 is 19.8 Å². The highest BCUT2D eigenvalue weighted by Gasteiger charge is 2.26. The molecule has 0 aromatic carbocycles. The van der Waals surface area contributed by atoms with Crippen molar-refractivity contribution >= 4 is 19.8 Å². The van der Waals surface area contributed by atoms with E-state index >= 15 is 0 Å². The normalized spacial score (nSPS) is 13.3. The Labute approximate surface area is 332 Å². The molecule has 0 saturated heterocycles. The molecule has 9 nitrogen and oxygen atoms in total. The van der Waals surface area contributed by atoms with E-state index in [1.165, 1.54) is 135 Å². The van der Waals surface area contributed by atoms with Crippen LogP contribution in [0.5, 0.6) is 0 Å². The molecule has 2 unspecified atom stereocenters. The smallest absolute Gasteiger partial charge is 0.462 e. The minimum absolute atomic E-state index is 0.0546. The van der Waals surface area contributed by atoms with Crippen LogP contribution in [-0.2, 0) is 32.7 Å². The monoisotopic (exact) mass is 788 g/mol. The molecule has 0 rings (SSSR count). The van der Waals surface area contributed by atoms with Gasteiger partial charge in [0, 0.05) is 19.4 Å². The van der Waals surface area contributed by atoms with Crippen LogP contribution in [0.2, 0.25) is 0 Å². The van der Waals surface area contributed by atoms with E-state index in [-0.39, 0.29) is 38.6 Å². The Kier molecular flexibility index (Phi) is 40.4. The lowest BCUT2D eigenvalue weighted by Crippen LogP contribution is -2.29. The van der Waals surface area contributed by atoms with E-state index in [1.807, 2.05) is 0 Å². The quantitative estimate of drug-likeness (QED) is 0.0268. The van der Waals surface area contributed by atoms with E-state index in [2.05, 4.69) is 26.0 Å². The maximum Gasteiger partial charge on any atom is 0.472 e. The van der Waals surface area contributed by atoms with Crippen LogP contribution < -0.4 is 5.73 Å². The first-order chi connectivity index (χ1) is 26.3. The topological polar surface area (TPSA) is 134 Å². The molecule has 0 aliphatic heterocycles. The van der Waals surface area contributed by atoms with Gasteiger partial charge < -0.3 is 20.1 Å². The highest BCUT2D eigenvalue weighted by Crippen LogP contribution is 2.43. The van der Waals surface area contributed by atoms with Gasteiger partial charge in [-0.2, -0.15) is 0 Å². The van der Waals surface area contributed by atoms with Crippen LogP contribution in [0.25, 0.3) is 0 Å². The summed E-state index contributed by atoms with van der Waals surface area (Å²) in [5.41, 5.74) is 5.34.